The van der Waals surface area contributed by atoms with Gasteiger partial charge in [-0.2, -0.15) is 0 Å². The van der Waals surface area contributed by atoms with Gasteiger partial charge in [-0.3, -0.25) is 9.69 Å². The number of methoxy groups -OCH3 is 1. The van der Waals surface area contributed by atoms with Gasteiger partial charge in [-0.15, -0.1) is 0 Å². The summed E-state index contributed by atoms with van der Waals surface area (Å²) in [6, 6.07) is 13.1. The molecule has 1 amide bonds. The number of benzene rings is 2. The maximum Gasteiger partial charge on any atom is 0.260 e. The van der Waals surface area contributed by atoms with Crippen LogP contribution in [0.4, 0.5) is 5.13 Å². The minimum atomic E-state index is -0.0678. The molecule has 3 rings (SSSR count). The zero-order valence-corrected chi connectivity index (χ0v) is 18.2. The van der Waals surface area contributed by atoms with Gasteiger partial charge in [-0.1, -0.05) is 17.4 Å². The SMILES string of the molecule is CCOc1ccc2nc(N(CCC[NH+](C)C)C(=O)c3cccc(OC)c3)sc2c1. The molecule has 0 saturated heterocycles. The average Bonchev–Trinajstić information content (AvgIpc) is 3.14. The molecule has 0 spiro atoms. The third kappa shape index (κ3) is 5.25. The Morgan fingerprint density at radius 2 is 2.00 bits per heavy atom. The minimum absolute atomic E-state index is 0.0678. The Morgan fingerprint density at radius 1 is 1.17 bits per heavy atom. The van der Waals surface area contributed by atoms with E-state index in [1.807, 2.05) is 43.3 Å². The summed E-state index contributed by atoms with van der Waals surface area (Å²) in [5.41, 5.74) is 1.46. The molecule has 0 aliphatic rings. The second kappa shape index (κ2) is 9.71. The molecule has 1 N–H and O–H groups in total. The van der Waals surface area contributed by atoms with Crippen LogP contribution in [0.15, 0.2) is 42.5 Å². The normalized spacial score (nSPS) is 11.1. The second-order valence-electron chi connectivity index (χ2n) is 7.06. The van der Waals surface area contributed by atoms with Crippen molar-refractivity contribution in [1.82, 2.24) is 4.98 Å². The summed E-state index contributed by atoms with van der Waals surface area (Å²) in [6.45, 7) is 4.16. The van der Waals surface area contributed by atoms with Crippen LogP contribution in [0.5, 0.6) is 11.5 Å². The van der Waals surface area contributed by atoms with Crippen LogP contribution >= 0.6 is 11.3 Å². The lowest BCUT2D eigenvalue weighted by molar-refractivity contribution is -0.858. The quantitative estimate of drug-likeness (QED) is 0.585. The Morgan fingerprint density at radius 3 is 2.72 bits per heavy atom. The molecule has 154 valence electrons. The standard InChI is InChI=1S/C22H27N3O3S/c1-5-28-18-10-11-19-20(15-18)29-22(23-19)25(13-7-12-24(2)3)21(26)16-8-6-9-17(14-16)27-4/h6,8-11,14-15H,5,7,12-13H2,1-4H3/p+1. The Kier molecular flexibility index (Phi) is 7.06. The molecule has 29 heavy (non-hydrogen) atoms. The van der Waals surface area contributed by atoms with Crippen LogP contribution < -0.4 is 19.3 Å². The van der Waals surface area contributed by atoms with Crippen molar-refractivity contribution in [2.24, 2.45) is 0 Å². The van der Waals surface area contributed by atoms with Crippen molar-refractivity contribution in [3.8, 4) is 11.5 Å². The van der Waals surface area contributed by atoms with E-state index in [1.54, 1.807) is 18.1 Å². The molecule has 7 heteroatoms. The number of rotatable bonds is 9. The van der Waals surface area contributed by atoms with Crippen LogP contribution in [0, 0.1) is 0 Å². The van der Waals surface area contributed by atoms with E-state index < -0.39 is 0 Å². The average molecular weight is 415 g/mol. The van der Waals surface area contributed by atoms with Crippen molar-refractivity contribution in [1.29, 1.82) is 0 Å². The first kappa shape index (κ1) is 21.1. The number of aromatic nitrogens is 1. The summed E-state index contributed by atoms with van der Waals surface area (Å²) in [4.78, 5) is 21.2. The van der Waals surface area contributed by atoms with Crippen molar-refractivity contribution in [3.05, 3.63) is 48.0 Å². The van der Waals surface area contributed by atoms with E-state index in [4.69, 9.17) is 14.5 Å². The van der Waals surface area contributed by atoms with Crippen molar-refractivity contribution in [2.75, 3.05) is 45.8 Å². The first-order valence-corrected chi connectivity index (χ1v) is 10.6. The van der Waals surface area contributed by atoms with E-state index in [2.05, 4.69) is 14.1 Å². The molecular formula is C22H28N3O3S+. The highest BCUT2D eigenvalue weighted by molar-refractivity contribution is 7.22. The van der Waals surface area contributed by atoms with Crippen molar-refractivity contribution < 1.29 is 19.2 Å². The number of amides is 1. The third-order valence-corrected chi connectivity index (χ3v) is 5.55. The number of quaternary nitrogens is 1. The number of carbonyl (C=O) groups is 1. The molecule has 1 aromatic heterocycles. The van der Waals surface area contributed by atoms with Gasteiger partial charge in [-0.25, -0.2) is 4.98 Å². The Bertz CT molecular complexity index is 971. The number of nitrogens with one attached hydrogen (secondary N) is 1. The number of hydrogen-bond acceptors (Lipinski definition) is 5. The Hall–Kier alpha value is -2.64. The van der Waals surface area contributed by atoms with Gasteiger partial charge in [0.1, 0.15) is 11.5 Å². The van der Waals surface area contributed by atoms with Crippen LogP contribution in [-0.2, 0) is 0 Å². The van der Waals surface area contributed by atoms with Crippen LogP contribution in [0.1, 0.15) is 23.7 Å². The molecule has 3 aromatic rings. The molecule has 0 bridgehead atoms. The molecule has 2 aromatic carbocycles. The van der Waals surface area contributed by atoms with Crippen molar-refractivity contribution in [3.63, 3.8) is 0 Å². The van der Waals surface area contributed by atoms with Crippen molar-refractivity contribution >= 4 is 32.6 Å². The van der Waals surface area contributed by atoms with Gasteiger partial charge >= 0.3 is 0 Å². The van der Waals surface area contributed by atoms with E-state index in [-0.39, 0.29) is 5.91 Å². The van der Waals surface area contributed by atoms with E-state index in [9.17, 15) is 4.79 Å². The number of carbonyl (C=O) groups excluding carboxylic acids is 1. The second-order valence-corrected chi connectivity index (χ2v) is 8.07. The van der Waals surface area contributed by atoms with Crippen LogP contribution in [-0.4, -0.2) is 51.8 Å². The number of thiazole rings is 1. The molecule has 0 fully saturated rings. The lowest BCUT2D eigenvalue weighted by atomic mass is 10.2. The van der Waals surface area contributed by atoms with Gasteiger partial charge in [0.25, 0.3) is 5.91 Å². The number of fused-ring (bicyclic) bond motifs is 1. The monoisotopic (exact) mass is 414 g/mol. The molecular weight excluding hydrogens is 386 g/mol. The fourth-order valence-electron chi connectivity index (χ4n) is 3.05. The largest absolute Gasteiger partial charge is 0.497 e. The summed E-state index contributed by atoms with van der Waals surface area (Å²) >= 11 is 1.51. The zero-order chi connectivity index (χ0) is 20.8. The van der Waals surface area contributed by atoms with Gasteiger partial charge in [0, 0.05) is 18.5 Å². The summed E-state index contributed by atoms with van der Waals surface area (Å²) in [5.74, 6) is 1.41. The highest BCUT2D eigenvalue weighted by Gasteiger charge is 2.22. The summed E-state index contributed by atoms with van der Waals surface area (Å²) in [6.07, 6.45) is 0.887. The smallest absolute Gasteiger partial charge is 0.260 e. The van der Waals surface area contributed by atoms with Crippen LogP contribution in [0.25, 0.3) is 10.2 Å². The number of ether oxygens (including phenoxy) is 2. The first-order valence-electron chi connectivity index (χ1n) is 9.80. The van der Waals surface area contributed by atoms with Gasteiger partial charge < -0.3 is 14.4 Å². The van der Waals surface area contributed by atoms with Gasteiger partial charge in [0.05, 0.1) is 44.6 Å². The van der Waals surface area contributed by atoms with E-state index in [0.29, 0.717) is 29.6 Å². The lowest BCUT2D eigenvalue weighted by Crippen LogP contribution is -3.05. The highest BCUT2D eigenvalue weighted by atomic mass is 32.1. The molecule has 0 saturated carbocycles. The fourth-order valence-corrected chi connectivity index (χ4v) is 4.07. The summed E-state index contributed by atoms with van der Waals surface area (Å²) in [5, 5.41) is 0.704. The lowest BCUT2D eigenvalue weighted by Gasteiger charge is -2.20. The molecule has 0 unspecified atom stereocenters. The van der Waals surface area contributed by atoms with Crippen molar-refractivity contribution in [2.45, 2.75) is 13.3 Å². The topological polar surface area (TPSA) is 56.1 Å². The van der Waals surface area contributed by atoms with Crippen LogP contribution in [0.3, 0.4) is 0 Å². The third-order valence-electron chi connectivity index (χ3n) is 4.51. The summed E-state index contributed by atoms with van der Waals surface area (Å²) < 4.78 is 11.9. The van der Waals surface area contributed by atoms with E-state index in [0.717, 1.165) is 28.9 Å². The zero-order valence-electron chi connectivity index (χ0n) is 17.4. The Balaban J connectivity index is 1.93. The number of hydrogen-bond donors (Lipinski definition) is 1. The molecule has 6 nitrogen and oxygen atoms in total. The first-order chi connectivity index (χ1) is 14.0. The predicted molar refractivity (Wildman–Crippen MR) is 118 cm³/mol. The predicted octanol–water partition coefficient (Wildman–Crippen LogP) is 2.89. The number of anilines is 1. The maximum absolute atomic E-state index is 13.3. The van der Waals surface area contributed by atoms with Gasteiger partial charge in [-0.05, 0) is 43.3 Å². The van der Waals surface area contributed by atoms with E-state index in [1.165, 1.54) is 16.2 Å². The Labute approximate surface area is 175 Å². The van der Waals surface area contributed by atoms with Crippen LogP contribution in [0.2, 0.25) is 0 Å². The minimum Gasteiger partial charge on any atom is -0.497 e. The number of nitrogens with zero attached hydrogens (tertiary/aromatic N) is 2. The molecule has 0 aliphatic heterocycles. The van der Waals surface area contributed by atoms with Gasteiger partial charge in [0.15, 0.2) is 5.13 Å². The molecule has 0 radical (unpaired) electrons. The fraction of sp³-hybridized carbons (Fsp3) is 0.364. The van der Waals surface area contributed by atoms with E-state index >= 15 is 0 Å². The molecule has 1 heterocycles. The van der Waals surface area contributed by atoms with Gasteiger partial charge in [0.2, 0.25) is 0 Å². The maximum atomic E-state index is 13.3. The molecule has 0 aliphatic carbocycles. The molecule has 0 atom stereocenters. The highest BCUT2D eigenvalue weighted by Crippen LogP contribution is 2.32. The summed E-state index contributed by atoms with van der Waals surface area (Å²) in [7, 11) is 5.83.